The van der Waals surface area contributed by atoms with Crippen molar-refractivity contribution in [3.63, 3.8) is 0 Å². The number of hydrogen-bond donors (Lipinski definition) is 4. The van der Waals surface area contributed by atoms with E-state index < -0.39 is 46.9 Å². The topological polar surface area (TPSA) is 194 Å². The Hall–Kier alpha value is -8.76. The fourth-order valence-corrected chi connectivity index (χ4v) is 13.5. The van der Waals surface area contributed by atoms with Crippen LogP contribution in [0.3, 0.4) is 0 Å². The first kappa shape index (κ1) is 74.4. The number of likely N-dealkylation sites (tertiary alicyclic amines) is 2. The maximum atomic E-state index is 13.7. The summed E-state index contributed by atoms with van der Waals surface area (Å²) in [5.74, 6) is 1.40. The highest BCUT2D eigenvalue weighted by atomic mass is 19.4. The van der Waals surface area contributed by atoms with Gasteiger partial charge in [0, 0.05) is 50.4 Å². The molecule has 4 heterocycles. The Bertz CT molecular complexity index is 3760. The number of nitrogens with one attached hydrogen (secondary N) is 4. The number of ether oxygens (including phenoxy) is 4. The summed E-state index contributed by atoms with van der Waals surface area (Å²) in [6.45, 7) is 18.9. The van der Waals surface area contributed by atoms with Gasteiger partial charge < -0.3 is 50.0 Å². The van der Waals surface area contributed by atoms with Crippen LogP contribution in [0.15, 0.2) is 121 Å². The van der Waals surface area contributed by atoms with Crippen LogP contribution in [0.4, 0.5) is 35.9 Å². The third-order valence-corrected chi connectivity index (χ3v) is 19.8. The first-order valence-corrected chi connectivity index (χ1v) is 35.5. The Morgan fingerprint density at radius 1 is 0.441 bits per heavy atom. The van der Waals surface area contributed by atoms with Crippen LogP contribution >= 0.6 is 0 Å². The summed E-state index contributed by atoms with van der Waals surface area (Å²) in [4.78, 5) is 81.2. The maximum absolute atomic E-state index is 13.7. The number of carbonyl (C=O) groups excluding carboxylic acids is 6. The lowest BCUT2D eigenvalue weighted by Gasteiger charge is -2.36. The number of piperidine rings is 2. The van der Waals surface area contributed by atoms with Gasteiger partial charge in [0.05, 0.1) is 61.5 Å². The zero-order valence-electron chi connectivity index (χ0n) is 59.1. The van der Waals surface area contributed by atoms with E-state index in [1.165, 1.54) is 23.3 Å². The molecule has 6 aromatic rings. The van der Waals surface area contributed by atoms with Gasteiger partial charge in [0.25, 0.3) is 11.8 Å². The minimum Gasteiger partial charge on any atom is -0.444 e. The minimum absolute atomic E-state index is 0.0144. The summed E-state index contributed by atoms with van der Waals surface area (Å²) in [6, 6.07) is 32.7. The highest BCUT2D eigenvalue weighted by Crippen LogP contribution is 2.45. The molecule has 6 aliphatic rings. The van der Waals surface area contributed by atoms with Crippen molar-refractivity contribution in [1.82, 2.24) is 31.1 Å². The SMILES string of the molecule is C[C@@H](NC(=O)c1cc(C2CC2)cc(C2CCN(C(=O)C3COC3)CC2)c1)c1ccc(-c2cc(C(F)(F)F)ccc2CNC(=O)OC(C)(C)C)cc1.C[C@@H](NC(=O)c1cc(C2CC2)cc(C2CCN(C(=O)C3COC3)CC2)c1)c1ccc(-c2cc(C(F)(F)F)ccc2CNC(=O)OC(C)(C)C)cc1. The zero-order valence-corrected chi connectivity index (χ0v) is 59.1. The molecule has 102 heavy (non-hydrogen) atoms. The lowest BCUT2D eigenvalue weighted by molar-refractivity contribution is -0.151. The Morgan fingerprint density at radius 3 is 1.03 bits per heavy atom. The third-order valence-electron chi connectivity index (χ3n) is 19.8. The van der Waals surface area contributed by atoms with Gasteiger partial charge in [-0.15, -0.1) is 0 Å². The van der Waals surface area contributed by atoms with E-state index in [0.29, 0.717) is 109 Å². The van der Waals surface area contributed by atoms with Crippen molar-refractivity contribution in [1.29, 1.82) is 0 Å². The molecule has 0 spiro atoms. The lowest BCUT2D eigenvalue weighted by Crippen LogP contribution is -2.47. The summed E-state index contributed by atoms with van der Waals surface area (Å²) in [6.07, 6.45) is -2.59. The average Bonchev–Trinajstić information content (AvgIpc) is 0.897. The summed E-state index contributed by atoms with van der Waals surface area (Å²) < 4.78 is 103. The molecule has 16 nitrogen and oxygen atoms in total. The summed E-state index contributed by atoms with van der Waals surface area (Å²) in [5, 5.41) is 11.5. The molecule has 6 fully saturated rings. The van der Waals surface area contributed by atoms with E-state index in [1.54, 1.807) is 90.1 Å². The molecule has 2 saturated carbocycles. The van der Waals surface area contributed by atoms with Gasteiger partial charge in [-0.2, -0.15) is 26.3 Å². The Morgan fingerprint density at radius 2 is 0.755 bits per heavy atom. The van der Waals surface area contributed by atoms with Crippen molar-refractivity contribution >= 4 is 35.8 Å². The second kappa shape index (κ2) is 31.1. The van der Waals surface area contributed by atoms with E-state index in [2.05, 4.69) is 33.4 Å². The molecular weight excluding hydrogens is 1320 g/mol. The van der Waals surface area contributed by atoms with Crippen molar-refractivity contribution < 1.29 is 74.1 Å². The summed E-state index contributed by atoms with van der Waals surface area (Å²) in [7, 11) is 0. The van der Waals surface area contributed by atoms with E-state index in [-0.39, 0.29) is 72.5 Å². The number of benzene rings is 6. The zero-order chi connectivity index (χ0) is 73.0. The van der Waals surface area contributed by atoms with E-state index in [4.69, 9.17) is 18.9 Å². The number of nitrogens with zero attached hydrogens (tertiary/aromatic N) is 2. The van der Waals surface area contributed by atoms with Gasteiger partial charge in [-0.05, 0) is 246 Å². The van der Waals surface area contributed by atoms with Crippen molar-refractivity contribution in [3.05, 3.63) is 188 Å². The molecule has 4 N–H and O–H groups in total. The number of carbonyl (C=O) groups is 6. The first-order chi connectivity index (χ1) is 48.3. The molecule has 6 aromatic carbocycles. The van der Waals surface area contributed by atoms with Gasteiger partial charge in [0.2, 0.25) is 11.8 Å². The van der Waals surface area contributed by atoms with Gasteiger partial charge in [0.1, 0.15) is 11.2 Å². The molecule has 4 saturated heterocycles. The molecule has 0 aromatic heterocycles. The van der Waals surface area contributed by atoms with Crippen LogP contribution < -0.4 is 21.3 Å². The normalized spacial score (nSPS) is 17.7. The first-order valence-electron chi connectivity index (χ1n) is 35.5. The maximum Gasteiger partial charge on any atom is 0.416 e. The number of amides is 6. The molecule has 0 radical (unpaired) electrons. The molecule has 22 heteroatoms. The predicted octanol–water partition coefficient (Wildman–Crippen LogP) is 16.2. The van der Waals surface area contributed by atoms with Crippen molar-refractivity contribution in [3.8, 4) is 22.3 Å². The van der Waals surface area contributed by atoms with Gasteiger partial charge in [-0.25, -0.2) is 9.59 Å². The van der Waals surface area contributed by atoms with Crippen molar-refractivity contribution in [2.75, 3.05) is 52.6 Å². The average molecular weight is 1410 g/mol. The van der Waals surface area contributed by atoms with Gasteiger partial charge >= 0.3 is 24.5 Å². The monoisotopic (exact) mass is 1410 g/mol. The van der Waals surface area contributed by atoms with Crippen LogP contribution in [0.5, 0.6) is 0 Å². The Balaban J connectivity index is 0.000000205. The van der Waals surface area contributed by atoms with Crippen LogP contribution in [0.25, 0.3) is 22.3 Å². The number of halogens is 6. The molecule has 0 unspecified atom stereocenters. The van der Waals surface area contributed by atoms with Crippen LogP contribution in [0.1, 0.15) is 219 Å². The van der Waals surface area contributed by atoms with Crippen molar-refractivity contribution in [2.24, 2.45) is 11.8 Å². The van der Waals surface area contributed by atoms with Gasteiger partial charge in [-0.1, -0.05) is 72.8 Å². The highest BCUT2D eigenvalue weighted by Gasteiger charge is 2.38. The van der Waals surface area contributed by atoms with Crippen molar-refractivity contribution in [2.45, 2.75) is 179 Å². The fourth-order valence-electron chi connectivity index (χ4n) is 13.5. The predicted molar refractivity (Wildman–Crippen MR) is 374 cm³/mol. The quantitative estimate of drug-likeness (QED) is 0.0602. The molecule has 2 aliphatic carbocycles. The molecule has 544 valence electrons. The molecular formula is C80H92F6N6O10. The second-order valence-corrected chi connectivity index (χ2v) is 30.1. The van der Waals surface area contributed by atoms with Gasteiger partial charge in [-0.3, -0.25) is 19.2 Å². The number of alkyl carbamates (subject to hydrolysis) is 2. The van der Waals surface area contributed by atoms with Crippen LogP contribution in [-0.2, 0) is 54.0 Å². The van der Waals surface area contributed by atoms with Crippen LogP contribution in [0, 0.1) is 11.8 Å². The van der Waals surface area contributed by atoms with Crippen LogP contribution in [-0.4, -0.2) is 109 Å². The second-order valence-electron chi connectivity index (χ2n) is 30.1. The number of alkyl halides is 6. The lowest BCUT2D eigenvalue weighted by atomic mass is 9.86. The number of rotatable bonds is 18. The molecule has 12 rings (SSSR count). The Labute approximate surface area is 592 Å². The van der Waals surface area contributed by atoms with Crippen LogP contribution in [0.2, 0.25) is 0 Å². The van der Waals surface area contributed by atoms with Gasteiger partial charge in [0.15, 0.2) is 0 Å². The van der Waals surface area contributed by atoms with E-state index >= 15 is 0 Å². The molecule has 0 bridgehead atoms. The Kier molecular flexibility index (Phi) is 22.7. The van der Waals surface area contributed by atoms with E-state index in [0.717, 1.165) is 97.9 Å². The fraction of sp³-hybridized carbons (Fsp3) is 0.475. The van der Waals surface area contributed by atoms with E-state index in [1.807, 2.05) is 47.9 Å². The molecule has 6 amide bonds. The molecule has 4 aliphatic heterocycles. The standard InChI is InChI=1S/2C40H46F3N3O5/c2*1-24(25-5-9-28(10-6-25)35-20-34(40(41,42)43)12-11-29(35)21-44-38(49)51-39(2,3)4)45-36(47)32-18-30(26-7-8-26)17-31(19-32)27-13-15-46(16-14-27)37(48)33-22-50-23-33/h2*5-6,9-12,17-20,24,26-27,33H,7-8,13-16,21-23H2,1-4H3,(H,44,49)(H,45,47)/t2*24-/m11/s1. The summed E-state index contributed by atoms with van der Waals surface area (Å²) >= 11 is 0. The minimum atomic E-state index is -4.54. The largest absolute Gasteiger partial charge is 0.444 e. The highest BCUT2D eigenvalue weighted by molar-refractivity contribution is 5.96. The van der Waals surface area contributed by atoms with E-state index in [9.17, 15) is 55.1 Å². The molecule has 2 atom stereocenters. The summed E-state index contributed by atoms with van der Waals surface area (Å²) in [5.41, 5.74) is 7.15. The number of hydrogen-bond acceptors (Lipinski definition) is 10. The third kappa shape index (κ3) is 19.5. The smallest absolute Gasteiger partial charge is 0.416 e.